The molecule has 149 heavy (non-hydrogen) atoms. The van der Waals surface area contributed by atoms with E-state index in [-0.39, 0.29) is 246 Å². The van der Waals surface area contributed by atoms with Crippen molar-refractivity contribution >= 4 is 125 Å². The molecule has 0 saturated carbocycles. The average molecular weight is 2140 g/mol. The molecular weight excluding hydrogens is 2000 g/mol. The van der Waals surface area contributed by atoms with E-state index in [0.29, 0.717) is 122 Å². The van der Waals surface area contributed by atoms with Gasteiger partial charge in [-0.3, -0.25) is 34.4 Å². The Morgan fingerprint density at radius 3 is 1.28 bits per heavy atom. The molecule has 9 aromatic rings. The smallest absolute Gasteiger partial charge is 0.418 e. The lowest BCUT2D eigenvalue weighted by atomic mass is 9.98. The summed E-state index contributed by atoms with van der Waals surface area (Å²) in [7, 11) is 7.30. The van der Waals surface area contributed by atoms with Crippen molar-refractivity contribution in [1.29, 1.82) is 0 Å². The van der Waals surface area contributed by atoms with Gasteiger partial charge in [-0.2, -0.15) is 107 Å². The molecule has 6 fully saturated rings. The monoisotopic (exact) mass is 2140 g/mol. The molecule has 812 valence electrons. The molecule has 46 heteroatoms. The number of benzene rings is 3. The highest BCUT2D eigenvalue weighted by atomic mass is 32.1. The van der Waals surface area contributed by atoms with Crippen molar-refractivity contribution in [2.75, 3.05) is 208 Å². The van der Waals surface area contributed by atoms with Crippen molar-refractivity contribution < 1.29 is 78.0 Å². The SMILES string of the molecule is C.C.C.C.S.S.S.[C-]#[N+]C[C@H]1CN(c2nc(OC[C@@H]3CC(C)(F)CN3C)nc3c2CCN(c2c(C(F)(F)F)c(C)cc4[nH]ncc24)C3)CCN1C(=O)/C=C/CO.[C-]#[N+]C[C@H]1CN(c2nc(OC[C@@H]3CC(C)(F)CN3C)nc3c2CCN(c2c(C(F)(F)F)c(C)cc4[nH]ncc24)C3)CCN1C(=O)/C=C/COC.[C-]#[N+]C[C@H]1CN(c2nc(OC[C@@H]3CCCN3C)nc3c2CCN(c2c(C)c(C)cc4[nH]ccc24)C3)CCN1C(=O)C(=C)F. The Hall–Kier alpha value is -12.1. The molecule has 2 unspecified atom stereocenters. The minimum absolute atomic E-state index is 0. The number of aryl methyl sites for hydroxylation is 3. The number of anilines is 6. The van der Waals surface area contributed by atoms with Gasteiger partial charge in [0.05, 0.1) is 95.9 Å². The van der Waals surface area contributed by atoms with Crippen LogP contribution in [0.25, 0.3) is 47.2 Å². The number of H-pyrrole nitrogens is 3. The third kappa shape index (κ3) is 26.6. The number of likely N-dealkylation sites (N-methyl/N-ethyl adjacent to an activating group) is 3. The summed E-state index contributed by atoms with van der Waals surface area (Å²) in [5, 5.41) is 24.7. The highest BCUT2D eigenvalue weighted by Gasteiger charge is 2.47. The van der Waals surface area contributed by atoms with Gasteiger partial charge in [-0.1, -0.05) is 48.4 Å². The van der Waals surface area contributed by atoms with E-state index in [1.54, 1.807) is 39.5 Å². The van der Waals surface area contributed by atoms with Gasteiger partial charge < -0.3 is 92.6 Å². The second kappa shape index (κ2) is 50.7. The van der Waals surface area contributed by atoms with Crippen LogP contribution in [0.1, 0.15) is 136 Å². The largest absolute Gasteiger partial charge is 0.462 e. The zero-order chi connectivity index (χ0) is 101. The summed E-state index contributed by atoms with van der Waals surface area (Å²) in [4.78, 5) is 104. The lowest BCUT2D eigenvalue weighted by Crippen LogP contribution is -2.57. The van der Waals surface area contributed by atoms with Crippen LogP contribution in [0, 0.1) is 47.4 Å². The number of carbonyl (C=O) groups excluding carboxylic acids is 3. The number of rotatable bonds is 24. The number of alkyl halides is 8. The molecule has 34 nitrogen and oxygen atoms in total. The van der Waals surface area contributed by atoms with Crippen molar-refractivity contribution in [2.45, 2.75) is 196 Å². The first-order valence-electron chi connectivity index (χ1n) is 47.7. The fourth-order valence-corrected chi connectivity index (χ4v) is 21.6. The Morgan fingerprint density at radius 1 is 0.517 bits per heavy atom. The molecule has 9 aliphatic rings. The van der Waals surface area contributed by atoms with Crippen molar-refractivity contribution in [3.8, 4) is 18.0 Å². The van der Waals surface area contributed by atoms with E-state index in [0.717, 1.165) is 66.1 Å². The van der Waals surface area contributed by atoms with Gasteiger partial charge in [0.25, 0.3) is 5.91 Å². The summed E-state index contributed by atoms with van der Waals surface area (Å²) < 4.78 is 154. The number of aromatic amines is 3. The van der Waals surface area contributed by atoms with Crippen LogP contribution in [0.5, 0.6) is 18.0 Å². The van der Waals surface area contributed by atoms with Crippen LogP contribution in [0.3, 0.4) is 0 Å². The Balaban J connectivity index is 0.000000243. The molecule has 3 amide bonds. The Bertz CT molecular complexity index is 6400. The quantitative estimate of drug-likeness (QED) is 0.0248. The number of likely N-dealkylation sites (tertiary alicyclic amines) is 3. The van der Waals surface area contributed by atoms with Gasteiger partial charge in [-0.05, 0) is 148 Å². The first-order valence-corrected chi connectivity index (χ1v) is 47.7. The number of hydrogen-bond donors (Lipinski definition) is 4. The van der Waals surface area contributed by atoms with Crippen molar-refractivity contribution in [2.24, 2.45) is 0 Å². The number of halogens is 9. The molecule has 18 rings (SSSR count). The second-order valence-corrected chi connectivity index (χ2v) is 38.7. The van der Waals surface area contributed by atoms with Crippen LogP contribution in [0.15, 0.2) is 79.6 Å². The number of aliphatic hydroxyl groups is 1. The van der Waals surface area contributed by atoms with Crippen LogP contribution < -0.4 is 43.6 Å². The Labute approximate surface area is 886 Å². The molecule has 9 aliphatic heterocycles. The van der Waals surface area contributed by atoms with E-state index in [2.05, 4.69) is 94.2 Å². The number of nitrogens with zero attached hydrogens (tertiary/aromatic N) is 23. The third-order valence-corrected chi connectivity index (χ3v) is 28.6. The normalized spacial score (nSPS) is 21.4. The van der Waals surface area contributed by atoms with Gasteiger partial charge in [0.1, 0.15) is 66.7 Å². The third-order valence-electron chi connectivity index (χ3n) is 28.6. The molecule has 0 spiro atoms. The number of amides is 3. The lowest BCUT2D eigenvalue weighted by molar-refractivity contribution is -0.138. The van der Waals surface area contributed by atoms with E-state index in [9.17, 15) is 53.9 Å². The first-order chi connectivity index (χ1) is 67.8. The van der Waals surface area contributed by atoms with E-state index in [1.165, 1.54) is 90.8 Å². The molecular formula is C103H141F9N26O8S3. The summed E-state index contributed by atoms with van der Waals surface area (Å²) in [6.07, 6.45) is 5.47. The van der Waals surface area contributed by atoms with Crippen LogP contribution >= 0.6 is 40.5 Å². The fourth-order valence-electron chi connectivity index (χ4n) is 21.6. The molecule has 0 aliphatic carbocycles. The van der Waals surface area contributed by atoms with Crippen LogP contribution in [0.4, 0.5) is 74.0 Å². The van der Waals surface area contributed by atoms with Gasteiger partial charge in [0, 0.05) is 192 Å². The number of nitrogens with one attached hydrogen (secondary N) is 3. The molecule has 6 saturated heterocycles. The van der Waals surface area contributed by atoms with E-state index in [1.807, 2.05) is 39.9 Å². The predicted octanol–water partition coefficient (Wildman–Crippen LogP) is 14.6. The maximum absolute atomic E-state index is 14.8. The van der Waals surface area contributed by atoms with Gasteiger partial charge >= 0.3 is 30.4 Å². The number of hydrogen-bond acceptors (Lipinski definition) is 25. The zero-order valence-electron chi connectivity index (χ0n) is 82.8. The van der Waals surface area contributed by atoms with Crippen molar-refractivity contribution in [3.63, 3.8) is 0 Å². The average Bonchev–Trinajstić information content (AvgIpc) is 1.57. The van der Waals surface area contributed by atoms with Crippen LogP contribution in [-0.2, 0) is 70.4 Å². The molecule has 0 radical (unpaired) electrons. The molecule has 8 atom stereocenters. The highest BCUT2D eigenvalue weighted by Crippen LogP contribution is 2.49. The molecule has 0 bridgehead atoms. The fraction of sp³-hybridized carbons (Fsp3) is 0.553. The summed E-state index contributed by atoms with van der Waals surface area (Å²) in [5.74, 6) is -0.391. The maximum atomic E-state index is 14.8. The van der Waals surface area contributed by atoms with Crippen molar-refractivity contribution in [1.82, 2.24) is 84.7 Å². The number of methoxy groups -OCH3 is 1. The number of fused-ring (bicyclic) bond motifs is 6. The zero-order valence-corrected chi connectivity index (χ0v) is 85.8. The Morgan fingerprint density at radius 2 is 0.906 bits per heavy atom. The van der Waals surface area contributed by atoms with E-state index in [4.69, 9.17) is 73.7 Å². The van der Waals surface area contributed by atoms with Gasteiger partial charge in [0.15, 0.2) is 5.83 Å². The van der Waals surface area contributed by atoms with Gasteiger partial charge in [-0.25, -0.2) is 32.9 Å². The predicted molar refractivity (Wildman–Crippen MR) is 576 cm³/mol. The van der Waals surface area contributed by atoms with Gasteiger partial charge in [-0.15, -0.1) is 0 Å². The van der Waals surface area contributed by atoms with Crippen LogP contribution in [-0.4, -0.2) is 334 Å². The van der Waals surface area contributed by atoms with E-state index >= 15 is 0 Å². The molecule has 4 N–H and O–H groups in total. The van der Waals surface area contributed by atoms with E-state index < -0.39 is 64.7 Å². The minimum atomic E-state index is -4.62. The summed E-state index contributed by atoms with van der Waals surface area (Å²) >= 11 is 0. The molecule has 6 aromatic heterocycles. The first kappa shape index (κ1) is 120. The summed E-state index contributed by atoms with van der Waals surface area (Å²) in [6, 6.07) is 6.16. The molecule has 3 aromatic carbocycles. The lowest BCUT2D eigenvalue weighted by Gasteiger charge is -2.41. The molecule has 15 heterocycles. The number of aliphatic hydroxyl groups excluding tert-OH is 1. The standard InChI is InChI=1S/C34H41F4N9O3.C33H39F4N9O3.C32H39FN8O2.4CH4.3H2S/c1-21-13-26-25(16-40-43-26)30(29(21)34(36,37)38)45-9-8-24-27(18-45)41-32(50-19-22-14-33(2,35)20-44(22)4)42-31(24)46-10-11-47(23(17-46)15-39-3)28(48)7-6-12-49-5;1-20-12-25-24(15-39-42-25)29(28(20)33(35,36)37)44-8-7-23-26(17-44)40-31(49-18-21-13-32(2,34)19-43(21)4)41-30(23)45-9-10-46(22(16-45)14-38-3)27(48)6-5-11-47;1-20-15-27-25(8-10-35-27)29(21(20)2)39-12-9-26-28(18-39)36-32(43-19-23-7-6-11-38(23)5)37-30(26)40-13-14-41(31(42)22(3)33)24(17-40)16-34-4;;;;;;;/h6-7,13,16,22-23H,8-12,14-15,17-20H2,1-2,4-5H3,(H,40,43);5-6,12,15,21-22,47H,7-11,13-14,16-19H2,1-2,4H3,(H,39,42);8,10,15,23-24,35H,3,6-7,9,11-14,16-19H2,1-2,5H3;4*1H4;3*1H2/b7-6+;6-5+;;;;;;;;/t22-,23-,33?;21-,22-,32?;23-,24-;;;;;;;/m000......./s1. The number of ether oxygens (including phenoxy) is 4. The minimum Gasteiger partial charge on any atom is -0.462 e. The number of piperazine rings is 3. The number of carbonyl (C=O) groups is 3. The summed E-state index contributed by atoms with van der Waals surface area (Å²) in [5.41, 5.74) is 6.38. The highest BCUT2D eigenvalue weighted by molar-refractivity contribution is 7.59. The van der Waals surface area contributed by atoms with Crippen LogP contribution in [0.2, 0.25) is 0 Å². The Kier molecular flexibility index (Phi) is 41.0. The maximum Gasteiger partial charge on any atom is 0.418 e. The topological polar surface area (TPSA) is 311 Å². The second-order valence-electron chi connectivity index (χ2n) is 38.7. The summed E-state index contributed by atoms with van der Waals surface area (Å²) in [6.45, 7) is 43.7. The van der Waals surface area contributed by atoms with Crippen molar-refractivity contribution in [3.05, 3.63) is 181 Å². The number of aromatic nitrogens is 11. The van der Waals surface area contributed by atoms with Gasteiger partial charge in [0.2, 0.25) is 31.4 Å².